The van der Waals surface area contributed by atoms with Gasteiger partial charge in [-0.15, -0.1) is 0 Å². The monoisotopic (exact) mass is 348 g/mol. The molecular weight excluding hydrogens is 328 g/mol. The molecule has 0 spiro atoms. The van der Waals surface area contributed by atoms with E-state index in [0.29, 0.717) is 10.9 Å². The van der Waals surface area contributed by atoms with E-state index in [4.69, 9.17) is 0 Å². The Hall–Kier alpha value is -1.99. The molecule has 1 fully saturated rings. The highest BCUT2D eigenvalue weighted by Gasteiger charge is 2.23. The molecule has 3 rings (SSSR count). The van der Waals surface area contributed by atoms with Crippen molar-refractivity contribution in [2.75, 3.05) is 14.1 Å². The summed E-state index contributed by atoms with van der Waals surface area (Å²) >= 11 is 0. The second-order valence-electron chi connectivity index (χ2n) is 6.35. The Balaban J connectivity index is 2.20. The Morgan fingerprint density at radius 3 is 2.46 bits per heavy atom. The maximum atomic E-state index is 12.3. The summed E-state index contributed by atoms with van der Waals surface area (Å²) in [4.78, 5) is 16.4. The third kappa shape index (κ3) is 2.89. The predicted octanol–water partition coefficient (Wildman–Crippen LogP) is 2.84. The molecule has 1 heterocycles. The molecule has 2 aromatic rings. The van der Waals surface area contributed by atoms with Crippen LogP contribution in [-0.4, -0.2) is 42.9 Å². The van der Waals surface area contributed by atoms with Crippen molar-refractivity contribution >= 4 is 26.9 Å². The molecule has 0 aliphatic heterocycles. The lowest BCUT2D eigenvalue weighted by atomic mass is 9.99. The van der Waals surface area contributed by atoms with Gasteiger partial charge < -0.3 is 5.11 Å². The van der Waals surface area contributed by atoms with E-state index < -0.39 is 16.0 Å². The third-order valence-electron chi connectivity index (χ3n) is 4.58. The average Bonchev–Trinajstić information content (AvgIpc) is 3.07. The SMILES string of the molecule is CN(C)S(=O)(=O)c1ccc2nc(C3CCCC3)cc(C(=O)O)c2c1. The van der Waals surface area contributed by atoms with Gasteiger partial charge in [0.25, 0.3) is 0 Å². The molecule has 1 aliphatic rings. The number of rotatable bonds is 4. The molecule has 0 unspecified atom stereocenters. The first-order valence-corrected chi connectivity index (χ1v) is 9.35. The van der Waals surface area contributed by atoms with Gasteiger partial charge in [0.2, 0.25) is 10.0 Å². The van der Waals surface area contributed by atoms with Crippen molar-refractivity contribution in [1.29, 1.82) is 0 Å². The molecule has 1 aliphatic carbocycles. The van der Waals surface area contributed by atoms with Crippen molar-refractivity contribution < 1.29 is 18.3 Å². The predicted molar refractivity (Wildman–Crippen MR) is 90.8 cm³/mol. The number of aromatic carboxylic acids is 1. The number of hydrogen-bond acceptors (Lipinski definition) is 4. The standard InChI is InChI=1S/C17H20N2O4S/c1-19(2)24(22,23)12-7-8-15-13(9-12)14(17(20)21)10-16(18-15)11-5-3-4-6-11/h7-11H,3-6H2,1-2H3,(H,20,21). The Kier molecular flexibility index (Phi) is 4.31. The van der Waals surface area contributed by atoms with Gasteiger partial charge in [-0.05, 0) is 37.1 Å². The van der Waals surface area contributed by atoms with Crippen molar-refractivity contribution in [2.24, 2.45) is 0 Å². The van der Waals surface area contributed by atoms with Crippen LogP contribution in [0.5, 0.6) is 0 Å². The zero-order valence-corrected chi connectivity index (χ0v) is 14.5. The van der Waals surface area contributed by atoms with E-state index >= 15 is 0 Å². The minimum Gasteiger partial charge on any atom is -0.478 e. The van der Waals surface area contributed by atoms with E-state index in [1.165, 1.54) is 26.2 Å². The summed E-state index contributed by atoms with van der Waals surface area (Å²) in [5.41, 5.74) is 1.42. The number of fused-ring (bicyclic) bond motifs is 1. The number of nitrogens with zero attached hydrogens (tertiary/aromatic N) is 2. The first kappa shape index (κ1) is 16.9. The van der Waals surface area contributed by atoms with Gasteiger partial charge in [-0.25, -0.2) is 17.5 Å². The summed E-state index contributed by atoms with van der Waals surface area (Å²) in [5.74, 6) is -0.779. The van der Waals surface area contributed by atoms with E-state index in [0.717, 1.165) is 35.7 Å². The molecule has 24 heavy (non-hydrogen) atoms. The average molecular weight is 348 g/mol. The summed E-state index contributed by atoms with van der Waals surface area (Å²) in [5, 5.41) is 9.92. The molecule has 0 amide bonds. The third-order valence-corrected chi connectivity index (χ3v) is 6.39. The fraction of sp³-hybridized carbons (Fsp3) is 0.412. The molecule has 1 aromatic heterocycles. The van der Waals surface area contributed by atoms with Crippen molar-refractivity contribution in [2.45, 2.75) is 36.5 Å². The Bertz CT molecular complexity index is 900. The molecule has 6 nitrogen and oxygen atoms in total. The summed E-state index contributed by atoms with van der Waals surface area (Å²) < 4.78 is 25.7. The van der Waals surface area contributed by atoms with Gasteiger partial charge in [0.05, 0.1) is 16.0 Å². The van der Waals surface area contributed by atoms with E-state index in [1.807, 2.05) is 0 Å². The molecule has 0 bridgehead atoms. The Labute approximate surface area is 141 Å². The number of carboxylic acids is 1. The van der Waals surface area contributed by atoms with Crippen LogP contribution >= 0.6 is 0 Å². The fourth-order valence-corrected chi connectivity index (χ4v) is 4.13. The number of aromatic nitrogens is 1. The molecule has 1 aromatic carbocycles. The second-order valence-corrected chi connectivity index (χ2v) is 8.50. The van der Waals surface area contributed by atoms with Crippen molar-refractivity contribution in [1.82, 2.24) is 9.29 Å². The Morgan fingerprint density at radius 2 is 1.88 bits per heavy atom. The molecule has 1 N–H and O–H groups in total. The molecule has 1 saturated carbocycles. The van der Waals surface area contributed by atoms with E-state index in [9.17, 15) is 18.3 Å². The lowest BCUT2D eigenvalue weighted by Crippen LogP contribution is -2.22. The van der Waals surface area contributed by atoms with Crippen LogP contribution in [0.25, 0.3) is 10.9 Å². The molecule has 128 valence electrons. The highest BCUT2D eigenvalue weighted by atomic mass is 32.2. The van der Waals surface area contributed by atoms with Gasteiger partial charge in [-0.3, -0.25) is 4.98 Å². The van der Waals surface area contributed by atoms with Crippen LogP contribution in [0.2, 0.25) is 0 Å². The van der Waals surface area contributed by atoms with Crippen molar-refractivity contribution in [3.63, 3.8) is 0 Å². The number of carbonyl (C=O) groups is 1. The maximum absolute atomic E-state index is 12.3. The minimum absolute atomic E-state index is 0.0675. The van der Waals surface area contributed by atoms with Crippen LogP contribution in [0.1, 0.15) is 47.7 Å². The normalized spacial score (nSPS) is 16.1. The minimum atomic E-state index is -3.62. The largest absolute Gasteiger partial charge is 0.478 e. The van der Waals surface area contributed by atoms with Crippen molar-refractivity contribution in [3.05, 3.63) is 35.5 Å². The summed E-state index contributed by atoms with van der Waals surface area (Å²) in [7, 11) is -0.737. The Morgan fingerprint density at radius 1 is 1.21 bits per heavy atom. The van der Waals surface area contributed by atoms with Gasteiger partial charge in [-0.2, -0.15) is 0 Å². The number of carboxylic acid groups (broad SMARTS) is 1. The van der Waals surface area contributed by atoms with E-state index in [1.54, 1.807) is 12.1 Å². The van der Waals surface area contributed by atoms with Crippen LogP contribution in [0.4, 0.5) is 0 Å². The van der Waals surface area contributed by atoms with Gasteiger partial charge in [0.1, 0.15) is 0 Å². The van der Waals surface area contributed by atoms with Gasteiger partial charge >= 0.3 is 5.97 Å². The smallest absolute Gasteiger partial charge is 0.336 e. The first-order valence-electron chi connectivity index (χ1n) is 7.91. The van der Waals surface area contributed by atoms with Crippen LogP contribution in [0.15, 0.2) is 29.2 Å². The van der Waals surface area contributed by atoms with E-state index in [-0.39, 0.29) is 16.4 Å². The molecule has 7 heteroatoms. The zero-order chi connectivity index (χ0) is 17.5. The van der Waals surface area contributed by atoms with Gasteiger partial charge in [0, 0.05) is 31.1 Å². The van der Waals surface area contributed by atoms with Gasteiger partial charge in [0.15, 0.2) is 0 Å². The van der Waals surface area contributed by atoms with Crippen LogP contribution in [0.3, 0.4) is 0 Å². The number of sulfonamides is 1. The van der Waals surface area contributed by atoms with Crippen LogP contribution in [-0.2, 0) is 10.0 Å². The fourth-order valence-electron chi connectivity index (χ4n) is 3.20. The topological polar surface area (TPSA) is 87.6 Å². The van der Waals surface area contributed by atoms with Crippen LogP contribution < -0.4 is 0 Å². The highest BCUT2D eigenvalue weighted by molar-refractivity contribution is 7.89. The molecular formula is C17H20N2O4S. The summed E-state index contributed by atoms with van der Waals surface area (Å²) in [6, 6.07) is 6.08. The summed E-state index contributed by atoms with van der Waals surface area (Å²) in [6.45, 7) is 0. The first-order chi connectivity index (χ1) is 11.3. The quantitative estimate of drug-likeness (QED) is 0.918. The molecule has 0 atom stereocenters. The number of benzene rings is 1. The zero-order valence-electron chi connectivity index (χ0n) is 13.7. The molecule has 0 saturated heterocycles. The number of pyridine rings is 1. The van der Waals surface area contributed by atoms with Crippen molar-refractivity contribution in [3.8, 4) is 0 Å². The number of hydrogen-bond donors (Lipinski definition) is 1. The van der Waals surface area contributed by atoms with Gasteiger partial charge in [-0.1, -0.05) is 12.8 Å². The maximum Gasteiger partial charge on any atom is 0.336 e. The lowest BCUT2D eigenvalue weighted by Gasteiger charge is -2.14. The molecule has 0 radical (unpaired) electrons. The van der Waals surface area contributed by atoms with Crippen LogP contribution in [0, 0.1) is 0 Å². The summed E-state index contributed by atoms with van der Waals surface area (Å²) in [6.07, 6.45) is 4.30. The lowest BCUT2D eigenvalue weighted by molar-refractivity contribution is 0.0698. The van der Waals surface area contributed by atoms with E-state index in [2.05, 4.69) is 4.98 Å². The highest BCUT2D eigenvalue weighted by Crippen LogP contribution is 2.35. The second kappa shape index (κ2) is 6.14.